The van der Waals surface area contributed by atoms with Crippen molar-refractivity contribution in [1.29, 1.82) is 0 Å². The van der Waals surface area contributed by atoms with E-state index < -0.39 is 11.4 Å². The number of hydrogen-bond donors (Lipinski definition) is 1. The van der Waals surface area contributed by atoms with Crippen LogP contribution in [0.15, 0.2) is 0 Å². The average Bonchev–Trinajstić information content (AvgIpc) is 3.02. The van der Waals surface area contributed by atoms with Gasteiger partial charge in [0.15, 0.2) is 0 Å². The molecule has 0 aromatic carbocycles. The van der Waals surface area contributed by atoms with E-state index in [0.717, 1.165) is 25.7 Å². The molecule has 4 aliphatic rings. The standard InChI is InChI=1S/C25H36O5/c1-14(5-4-6-22(29)30)17-7-8-18-23-19(13-21(28)25(17,18)3)24(2)10-9-16(26)11-15(24)12-20(23)27/h14-15,17-19,23H,4-13H2,1-3H3,(H,29,30)/t14-,15+,17-,18+,19+,23+,24+,25-/m1/s1. The summed E-state index contributed by atoms with van der Waals surface area (Å²) in [6.45, 7) is 6.51. The highest BCUT2D eigenvalue weighted by Crippen LogP contribution is 2.66. The molecule has 4 fully saturated rings. The zero-order chi connectivity index (χ0) is 21.8. The molecule has 0 unspecified atom stereocenters. The molecule has 1 N–H and O–H groups in total. The molecule has 0 aliphatic heterocycles. The molecule has 0 radical (unpaired) electrons. The summed E-state index contributed by atoms with van der Waals surface area (Å²) in [5.74, 6) is 0.887. The van der Waals surface area contributed by atoms with Gasteiger partial charge in [0.1, 0.15) is 17.3 Å². The maximum Gasteiger partial charge on any atom is 0.303 e. The first kappa shape index (κ1) is 21.7. The first-order valence-corrected chi connectivity index (χ1v) is 11.9. The lowest BCUT2D eigenvalue weighted by Gasteiger charge is -2.58. The van der Waals surface area contributed by atoms with Crippen LogP contribution < -0.4 is 0 Å². The second-order valence-electron chi connectivity index (χ2n) is 11.2. The number of carbonyl (C=O) groups is 4. The van der Waals surface area contributed by atoms with E-state index in [-0.39, 0.29) is 53.1 Å². The summed E-state index contributed by atoms with van der Waals surface area (Å²) >= 11 is 0. The van der Waals surface area contributed by atoms with Crippen LogP contribution in [-0.2, 0) is 19.2 Å². The molecule has 30 heavy (non-hydrogen) atoms. The van der Waals surface area contributed by atoms with Crippen molar-refractivity contribution in [3.05, 3.63) is 0 Å². The SMILES string of the molecule is C[C@H](CCCC(=O)O)[C@H]1CC[C@H]2[C@@H]3C(=O)C[C@@H]4CC(=O)CC[C@]4(C)[C@H]3CC(=O)[C@]12C. The van der Waals surface area contributed by atoms with Crippen molar-refractivity contribution in [2.75, 3.05) is 0 Å². The number of ketones is 3. The first-order chi connectivity index (χ1) is 14.1. The van der Waals surface area contributed by atoms with E-state index in [4.69, 9.17) is 5.11 Å². The molecule has 0 aromatic rings. The second-order valence-corrected chi connectivity index (χ2v) is 11.2. The summed E-state index contributed by atoms with van der Waals surface area (Å²) in [7, 11) is 0. The fourth-order valence-electron chi connectivity index (χ4n) is 8.17. The third kappa shape index (κ3) is 3.18. The minimum atomic E-state index is -0.768. The summed E-state index contributed by atoms with van der Waals surface area (Å²) in [6.07, 6.45) is 6.39. The number of rotatable bonds is 5. The number of aliphatic carboxylic acids is 1. The van der Waals surface area contributed by atoms with Gasteiger partial charge in [0.25, 0.3) is 0 Å². The van der Waals surface area contributed by atoms with Crippen molar-refractivity contribution in [3.63, 3.8) is 0 Å². The van der Waals surface area contributed by atoms with Crippen LogP contribution >= 0.6 is 0 Å². The monoisotopic (exact) mass is 416 g/mol. The number of fused-ring (bicyclic) bond motifs is 5. The minimum Gasteiger partial charge on any atom is -0.481 e. The van der Waals surface area contributed by atoms with Crippen LogP contribution in [0.4, 0.5) is 0 Å². The Morgan fingerprint density at radius 1 is 1.10 bits per heavy atom. The molecule has 8 atom stereocenters. The molecule has 4 saturated carbocycles. The maximum absolute atomic E-state index is 13.7. The van der Waals surface area contributed by atoms with Crippen LogP contribution in [0, 0.1) is 46.3 Å². The van der Waals surface area contributed by atoms with Crippen molar-refractivity contribution in [3.8, 4) is 0 Å². The largest absolute Gasteiger partial charge is 0.481 e. The van der Waals surface area contributed by atoms with Gasteiger partial charge in [0, 0.05) is 43.4 Å². The van der Waals surface area contributed by atoms with E-state index in [0.29, 0.717) is 43.7 Å². The van der Waals surface area contributed by atoms with Crippen molar-refractivity contribution >= 4 is 23.3 Å². The van der Waals surface area contributed by atoms with Crippen molar-refractivity contribution < 1.29 is 24.3 Å². The number of carboxylic acids is 1. The van der Waals surface area contributed by atoms with Gasteiger partial charge in [-0.25, -0.2) is 0 Å². The number of carbonyl (C=O) groups excluding carboxylic acids is 3. The Morgan fingerprint density at radius 3 is 2.53 bits per heavy atom. The predicted molar refractivity (Wildman–Crippen MR) is 112 cm³/mol. The van der Waals surface area contributed by atoms with Gasteiger partial charge in [0.05, 0.1) is 0 Å². The second kappa shape index (κ2) is 7.56. The summed E-state index contributed by atoms with van der Waals surface area (Å²) in [4.78, 5) is 50.0. The topological polar surface area (TPSA) is 88.5 Å². The van der Waals surface area contributed by atoms with Crippen LogP contribution in [0.5, 0.6) is 0 Å². The van der Waals surface area contributed by atoms with Crippen LogP contribution in [0.3, 0.4) is 0 Å². The molecule has 0 aromatic heterocycles. The molecule has 0 amide bonds. The summed E-state index contributed by atoms with van der Waals surface area (Å²) < 4.78 is 0. The number of carboxylic acid groups (broad SMARTS) is 1. The Bertz CT molecular complexity index is 772. The molecular weight excluding hydrogens is 380 g/mol. The highest BCUT2D eigenvalue weighted by Gasteiger charge is 2.66. The Labute approximate surface area is 179 Å². The lowest BCUT2D eigenvalue weighted by atomic mass is 9.44. The van der Waals surface area contributed by atoms with Gasteiger partial charge in [-0.2, -0.15) is 0 Å². The lowest BCUT2D eigenvalue weighted by Crippen LogP contribution is -2.60. The Balaban J connectivity index is 1.59. The minimum absolute atomic E-state index is 0.0432. The predicted octanol–water partition coefficient (Wildman–Crippen LogP) is 4.46. The molecule has 4 rings (SSSR count). The van der Waals surface area contributed by atoms with Crippen LogP contribution in [-0.4, -0.2) is 28.4 Å². The molecule has 4 aliphatic carbocycles. The van der Waals surface area contributed by atoms with Gasteiger partial charge in [-0.3, -0.25) is 19.2 Å². The zero-order valence-corrected chi connectivity index (χ0v) is 18.6. The van der Waals surface area contributed by atoms with E-state index in [1.54, 1.807) is 0 Å². The van der Waals surface area contributed by atoms with Crippen molar-refractivity contribution in [2.45, 2.75) is 85.0 Å². The maximum atomic E-state index is 13.7. The fourth-order valence-corrected chi connectivity index (χ4v) is 8.17. The molecule has 0 spiro atoms. The van der Waals surface area contributed by atoms with Crippen molar-refractivity contribution in [1.82, 2.24) is 0 Å². The van der Waals surface area contributed by atoms with Gasteiger partial charge in [-0.15, -0.1) is 0 Å². The normalized spacial score (nSPS) is 44.2. The summed E-state index contributed by atoms with van der Waals surface area (Å²) in [5, 5.41) is 8.95. The van der Waals surface area contributed by atoms with Crippen LogP contribution in [0.1, 0.15) is 85.0 Å². The first-order valence-electron chi connectivity index (χ1n) is 11.9. The summed E-state index contributed by atoms with van der Waals surface area (Å²) in [5.41, 5.74) is -0.540. The molecule has 0 heterocycles. The van der Waals surface area contributed by atoms with Crippen molar-refractivity contribution in [2.24, 2.45) is 46.3 Å². The van der Waals surface area contributed by atoms with Crippen LogP contribution in [0.25, 0.3) is 0 Å². The lowest BCUT2D eigenvalue weighted by molar-refractivity contribution is -0.166. The van der Waals surface area contributed by atoms with Gasteiger partial charge in [-0.1, -0.05) is 20.8 Å². The highest BCUT2D eigenvalue weighted by atomic mass is 16.4. The van der Waals surface area contributed by atoms with Crippen LogP contribution in [0.2, 0.25) is 0 Å². The highest BCUT2D eigenvalue weighted by molar-refractivity contribution is 5.93. The van der Waals surface area contributed by atoms with Gasteiger partial charge in [-0.05, 0) is 67.1 Å². The van der Waals surface area contributed by atoms with Gasteiger partial charge >= 0.3 is 5.97 Å². The van der Waals surface area contributed by atoms with Gasteiger partial charge < -0.3 is 5.11 Å². The number of hydrogen-bond acceptors (Lipinski definition) is 4. The zero-order valence-electron chi connectivity index (χ0n) is 18.6. The summed E-state index contributed by atoms with van der Waals surface area (Å²) in [6, 6.07) is 0. The molecule has 0 saturated heterocycles. The van der Waals surface area contributed by atoms with Gasteiger partial charge in [0.2, 0.25) is 0 Å². The smallest absolute Gasteiger partial charge is 0.303 e. The van der Waals surface area contributed by atoms with E-state index in [9.17, 15) is 19.2 Å². The third-order valence-electron chi connectivity index (χ3n) is 9.95. The molecular formula is C25H36O5. The molecule has 5 nitrogen and oxygen atoms in total. The fraction of sp³-hybridized carbons (Fsp3) is 0.840. The molecule has 166 valence electrons. The van der Waals surface area contributed by atoms with E-state index in [1.165, 1.54) is 0 Å². The Morgan fingerprint density at radius 2 is 1.83 bits per heavy atom. The number of Topliss-reactive ketones (excluding diaryl/α,β-unsaturated/α-hetero) is 3. The van der Waals surface area contributed by atoms with E-state index in [2.05, 4.69) is 20.8 Å². The molecule has 5 heteroatoms. The Kier molecular flexibility index (Phi) is 5.47. The quantitative estimate of drug-likeness (QED) is 0.715. The van der Waals surface area contributed by atoms with E-state index >= 15 is 0 Å². The third-order valence-corrected chi connectivity index (χ3v) is 9.95. The Hall–Kier alpha value is -1.52. The average molecular weight is 417 g/mol. The molecule has 0 bridgehead atoms. The van der Waals surface area contributed by atoms with E-state index in [1.807, 2.05) is 0 Å².